The highest BCUT2D eigenvalue weighted by Crippen LogP contribution is 2.18. The van der Waals surface area contributed by atoms with Crippen molar-refractivity contribution >= 4 is 17.5 Å². The normalized spacial score (nSPS) is 14.7. The summed E-state index contributed by atoms with van der Waals surface area (Å²) >= 11 is 0. The number of benzene rings is 2. The zero-order valence-electron chi connectivity index (χ0n) is 14.3. The second kappa shape index (κ2) is 6.99. The van der Waals surface area contributed by atoms with E-state index in [1.165, 1.54) is 20.5 Å². The molecule has 1 aromatic heterocycles. The highest BCUT2D eigenvalue weighted by molar-refractivity contribution is 6.40. The SMILES string of the molecule is O=C1C(=O)N(c2ccccc2)CCN1Cc1cn(-c2ccccc2F)nn1. The Morgan fingerprint density at radius 1 is 0.926 bits per heavy atom. The zero-order chi connectivity index (χ0) is 18.8. The molecular formula is C19H16FN5O2. The van der Waals surface area contributed by atoms with Gasteiger partial charge in [0.25, 0.3) is 0 Å². The molecule has 0 spiro atoms. The van der Waals surface area contributed by atoms with Gasteiger partial charge in [-0.1, -0.05) is 35.5 Å². The first-order valence-electron chi connectivity index (χ1n) is 8.45. The standard InChI is InChI=1S/C19H16FN5O2/c20-16-8-4-5-9-17(16)25-13-14(21-22-25)12-23-10-11-24(19(27)18(23)26)15-6-2-1-3-7-15/h1-9,13H,10-12H2. The Labute approximate surface area is 154 Å². The van der Waals surface area contributed by atoms with Gasteiger partial charge in [-0.05, 0) is 24.3 Å². The topological polar surface area (TPSA) is 71.3 Å². The van der Waals surface area contributed by atoms with Gasteiger partial charge in [0.05, 0.1) is 12.7 Å². The zero-order valence-corrected chi connectivity index (χ0v) is 14.3. The van der Waals surface area contributed by atoms with Crippen molar-refractivity contribution in [3.8, 4) is 5.69 Å². The van der Waals surface area contributed by atoms with Crippen LogP contribution in [-0.2, 0) is 16.1 Å². The number of amides is 2. The Morgan fingerprint density at radius 2 is 1.67 bits per heavy atom. The summed E-state index contributed by atoms with van der Waals surface area (Å²) in [6, 6.07) is 15.3. The van der Waals surface area contributed by atoms with Crippen LogP contribution in [0.2, 0.25) is 0 Å². The fraction of sp³-hybridized carbons (Fsp3) is 0.158. The molecule has 2 amide bonds. The van der Waals surface area contributed by atoms with E-state index in [4.69, 9.17) is 0 Å². The molecule has 1 fully saturated rings. The Balaban J connectivity index is 1.48. The van der Waals surface area contributed by atoms with E-state index in [9.17, 15) is 14.0 Å². The van der Waals surface area contributed by atoms with Gasteiger partial charge < -0.3 is 9.80 Å². The molecule has 2 heterocycles. The van der Waals surface area contributed by atoms with Gasteiger partial charge in [-0.3, -0.25) is 9.59 Å². The van der Waals surface area contributed by atoms with Gasteiger partial charge in [0.15, 0.2) is 0 Å². The Hall–Kier alpha value is -3.55. The van der Waals surface area contributed by atoms with Gasteiger partial charge in [-0.15, -0.1) is 5.10 Å². The molecule has 1 aliphatic heterocycles. The molecule has 0 N–H and O–H groups in total. The molecule has 0 unspecified atom stereocenters. The number of hydrogen-bond acceptors (Lipinski definition) is 4. The van der Waals surface area contributed by atoms with Gasteiger partial charge in [0, 0.05) is 18.8 Å². The van der Waals surface area contributed by atoms with E-state index in [0.29, 0.717) is 24.5 Å². The molecule has 0 atom stereocenters. The minimum Gasteiger partial charge on any atom is -0.327 e. The fourth-order valence-corrected chi connectivity index (χ4v) is 3.00. The van der Waals surface area contributed by atoms with Crippen LogP contribution < -0.4 is 4.90 Å². The maximum atomic E-state index is 13.9. The van der Waals surface area contributed by atoms with E-state index in [2.05, 4.69) is 10.3 Å². The number of carbonyl (C=O) groups excluding carboxylic acids is 2. The third-order valence-electron chi connectivity index (χ3n) is 4.37. The Morgan fingerprint density at radius 3 is 2.44 bits per heavy atom. The van der Waals surface area contributed by atoms with Crippen LogP contribution in [0.5, 0.6) is 0 Å². The van der Waals surface area contributed by atoms with Crippen LogP contribution >= 0.6 is 0 Å². The number of piperazine rings is 1. The molecule has 1 aliphatic rings. The van der Waals surface area contributed by atoms with Crippen molar-refractivity contribution in [2.75, 3.05) is 18.0 Å². The number of nitrogens with zero attached hydrogens (tertiary/aromatic N) is 5. The molecule has 8 heteroatoms. The quantitative estimate of drug-likeness (QED) is 0.661. The summed E-state index contributed by atoms with van der Waals surface area (Å²) in [6.07, 6.45) is 1.56. The first-order chi connectivity index (χ1) is 13.1. The van der Waals surface area contributed by atoms with Crippen molar-refractivity contribution < 1.29 is 14.0 Å². The van der Waals surface area contributed by atoms with Crippen molar-refractivity contribution in [2.24, 2.45) is 0 Å². The third-order valence-corrected chi connectivity index (χ3v) is 4.37. The maximum absolute atomic E-state index is 13.9. The highest BCUT2D eigenvalue weighted by atomic mass is 19.1. The van der Waals surface area contributed by atoms with Gasteiger partial charge in [-0.2, -0.15) is 0 Å². The summed E-state index contributed by atoms with van der Waals surface area (Å²) in [6.45, 7) is 0.920. The van der Waals surface area contributed by atoms with Crippen LogP contribution in [-0.4, -0.2) is 44.8 Å². The fourth-order valence-electron chi connectivity index (χ4n) is 3.00. The molecule has 3 aromatic rings. The van der Waals surface area contributed by atoms with E-state index in [0.717, 1.165) is 0 Å². The van der Waals surface area contributed by atoms with Gasteiger partial charge in [0.2, 0.25) is 0 Å². The summed E-state index contributed by atoms with van der Waals surface area (Å²) in [5.41, 5.74) is 1.45. The molecule has 7 nitrogen and oxygen atoms in total. The van der Waals surface area contributed by atoms with Gasteiger partial charge >= 0.3 is 11.8 Å². The van der Waals surface area contributed by atoms with Crippen molar-refractivity contribution in [2.45, 2.75) is 6.54 Å². The van der Waals surface area contributed by atoms with Crippen LogP contribution in [0.25, 0.3) is 5.69 Å². The predicted molar refractivity (Wildman–Crippen MR) is 95.5 cm³/mol. The highest BCUT2D eigenvalue weighted by Gasteiger charge is 2.33. The van der Waals surface area contributed by atoms with Crippen molar-refractivity contribution in [1.29, 1.82) is 0 Å². The molecule has 0 aliphatic carbocycles. The summed E-state index contributed by atoms with van der Waals surface area (Å²) < 4.78 is 15.2. The number of hydrogen-bond donors (Lipinski definition) is 0. The third kappa shape index (κ3) is 3.29. The molecule has 0 saturated carbocycles. The molecule has 1 saturated heterocycles. The predicted octanol–water partition coefficient (Wildman–Crippen LogP) is 1.78. The largest absolute Gasteiger partial charge is 0.327 e. The lowest BCUT2D eigenvalue weighted by Crippen LogP contribution is -2.54. The summed E-state index contributed by atoms with van der Waals surface area (Å²) in [4.78, 5) is 27.8. The van der Waals surface area contributed by atoms with Crippen molar-refractivity contribution in [3.05, 3.63) is 72.3 Å². The molecule has 2 aromatic carbocycles. The Bertz CT molecular complexity index is 989. The summed E-state index contributed by atoms with van der Waals surface area (Å²) in [5, 5.41) is 7.90. The lowest BCUT2D eigenvalue weighted by atomic mass is 10.2. The number of aromatic nitrogens is 3. The first kappa shape index (κ1) is 16.9. The summed E-state index contributed by atoms with van der Waals surface area (Å²) in [5.74, 6) is -1.59. The van der Waals surface area contributed by atoms with Crippen molar-refractivity contribution in [3.63, 3.8) is 0 Å². The van der Waals surface area contributed by atoms with Crippen LogP contribution in [0.15, 0.2) is 60.8 Å². The van der Waals surface area contributed by atoms with E-state index in [1.807, 2.05) is 18.2 Å². The molecular weight excluding hydrogens is 349 g/mol. The van der Waals surface area contributed by atoms with Crippen LogP contribution in [0.3, 0.4) is 0 Å². The van der Waals surface area contributed by atoms with Gasteiger partial charge in [-0.25, -0.2) is 9.07 Å². The lowest BCUT2D eigenvalue weighted by molar-refractivity contribution is -0.146. The summed E-state index contributed by atoms with van der Waals surface area (Å²) in [7, 11) is 0. The van der Waals surface area contributed by atoms with Crippen LogP contribution in [0, 0.1) is 5.82 Å². The van der Waals surface area contributed by atoms with E-state index in [1.54, 1.807) is 36.5 Å². The number of rotatable bonds is 4. The molecule has 27 heavy (non-hydrogen) atoms. The number of halogens is 1. The van der Waals surface area contributed by atoms with Crippen molar-refractivity contribution in [1.82, 2.24) is 19.9 Å². The first-order valence-corrected chi connectivity index (χ1v) is 8.45. The Kier molecular flexibility index (Phi) is 4.37. The average Bonchev–Trinajstić information content (AvgIpc) is 3.15. The second-order valence-corrected chi connectivity index (χ2v) is 6.12. The lowest BCUT2D eigenvalue weighted by Gasteiger charge is -2.33. The molecule has 0 radical (unpaired) electrons. The molecule has 0 bridgehead atoms. The minimum atomic E-state index is -0.592. The number of anilines is 1. The second-order valence-electron chi connectivity index (χ2n) is 6.12. The number of carbonyl (C=O) groups is 2. The van der Waals surface area contributed by atoms with E-state index in [-0.39, 0.29) is 12.2 Å². The van der Waals surface area contributed by atoms with Crippen LogP contribution in [0.1, 0.15) is 5.69 Å². The minimum absolute atomic E-state index is 0.141. The molecule has 4 rings (SSSR count). The smallest absolute Gasteiger partial charge is 0.316 e. The molecule has 136 valence electrons. The van der Waals surface area contributed by atoms with E-state index < -0.39 is 17.6 Å². The number of para-hydroxylation sites is 2. The monoisotopic (exact) mass is 365 g/mol. The van der Waals surface area contributed by atoms with Crippen LogP contribution in [0.4, 0.5) is 10.1 Å². The average molecular weight is 365 g/mol. The van der Waals surface area contributed by atoms with E-state index >= 15 is 0 Å². The van der Waals surface area contributed by atoms with Gasteiger partial charge in [0.1, 0.15) is 17.2 Å². The maximum Gasteiger partial charge on any atom is 0.316 e.